The van der Waals surface area contributed by atoms with Crippen molar-refractivity contribution in [2.24, 2.45) is 4.99 Å². The van der Waals surface area contributed by atoms with Crippen molar-refractivity contribution in [3.63, 3.8) is 0 Å². The molecule has 3 aromatic carbocycles. The van der Waals surface area contributed by atoms with Crippen molar-refractivity contribution in [2.75, 3.05) is 37.8 Å². The maximum absolute atomic E-state index is 6.55. The van der Waals surface area contributed by atoms with E-state index in [9.17, 15) is 0 Å². The second-order valence-electron chi connectivity index (χ2n) is 7.55. The average molecular weight is 485 g/mol. The topological polar surface area (TPSA) is 43.3 Å². The number of ether oxygens (including phenoxy) is 3. The van der Waals surface area contributed by atoms with E-state index in [1.807, 2.05) is 55.5 Å². The van der Waals surface area contributed by atoms with Gasteiger partial charge in [-0.3, -0.25) is 4.99 Å². The summed E-state index contributed by atoms with van der Waals surface area (Å²) in [5.74, 6) is 1.10. The summed E-state index contributed by atoms with van der Waals surface area (Å²) in [6, 6.07) is 19.4. The zero-order valence-electron chi connectivity index (χ0n) is 18.5. The van der Waals surface area contributed by atoms with Gasteiger partial charge in [-0.1, -0.05) is 35.3 Å². The lowest BCUT2D eigenvalue weighted by atomic mass is 10.2. The second-order valence-corrected chi connectivity index (χ2v) is 8.40. The number of aliphatic imine (C=N–C) groups is 1. The van der Waals surface area contributed by atoms with Gasteiger partial charge in [0, 0.05) is 30.0 Å². The Balaban J connectivity index is 1.47. The fourth-order valence-corrected chi connectivity index (χ4v) is 3.92. The molecule has 0 N–H and O–H groups in total. The van der Waals surface area contributed by atoms with Crippen LogP contribution in [0.4, 0.5) is 11.4 Å². The van der Waals surface area contributed by atoms with Crippen molar-refractivity contribution in [3.05, 3.63) is 81.8 Å². The average Bonchev–Trinajstić information content (AvgIpc) is 2.84. The molecule has 5 nitrogen and oxygen atoms in total. The Labute approximate surface area is 204 Å². The van der Waals surface area contributed by atoms with Gasteiger partial charge in [-0.25, -0.2) is 0 Å². The SMILES string of the molecule is CCOc1cc(C=Nc2ccc(N3CCOCC3)cc2)cc(Cl)c1OCc1ccc(Cl)cc1. The number of morpholine rings is 1. The van der Waals surface area contributed by atoms with Gasteiger partial charge in [-0.2, -0.15) is 0 Å². The Hall–Kier alpha value is -2.73. The van der Waals surface area contributed by atoms with Crippen LogP contribution in [0.3, 0.4) is 0 Å². The molecule has 172 valence electrons. The van der Waals surface area contributed by atoms with E-state index in [-0.39, 0.29) is 0 Å². The Morgan fingerprint density at radius 3 is 2.39 bits per heavy atom. The molecular weight excluding hydrogens is 459 g/mol. The number of halogens is 2. The van der Waals surface area contributed by atoms with Crippen LogP contribution in [0.2, 0.25) is 10.0 Å². The number of hydrogen-bond donors (Lipinski definition) is 0. The van der Waals surface area contributed by atoms with Crippen LogP contribution in [0.5, 0.6) is 11.5 Å². The standard InChI is InChI=1S/C26H26Cl2N2O3/c1-2-32-25-16-20(15-24(28)26(25)33-18-19-3-5-21(27)6-4-19)17-29-22-7-9-23(10-8-22)30-11-13-31-14-12-30/h3-10,15-17H,2,11-14,18H2,1H3. The molecule has 0 unspecified atom stereocenters. The molecule has 7 heteroatoms. The van der Waals surface area contributed by atoms with Crippen LogP contribution >= 0.6 is 23.2 Å². The van der Waals surface area contributed by atoms with Crippen molar-refractivity contribution in [1.29, 1.82) is 0 Å². The molecule has 1 aliphatic rings. The van der Waals surface area contributed by atoms with E-state index in [0.717, 1.165) is 43.1 Å². The Bertz CT molecular complexity index is 1080. The molecule has 0 amide bonds. The highest BCUT2D eigenvalue weighted by Crippen LogP contribution is 2.37. The molecule has 1 saturated heterocycles. The summed E-state index contributed by atoms with van der Waals surface area (Å²) in [7, 11) is 0. The van der Waals surface area contributed by atoms with E-state index in [1.165, 1.54) is 5.69 Å². The summed E-state index contributed by atoms with van der Waals surface area (Å²) in [5.41, 5.74) is 3.87. The maximum Gasteiger partial charge on any atom is 0.180 e. The molecule has 0 atom stereocenters. The maximum atomic E-state index is 6.55. The zero-order valence-corrected chi connectivity index (χ0v) is 20.0. The first-order valence-electron chi connectivity index (χ1n) is 10.9. The molecule has 0 spiro atoms. The molecule has 0 aliphatic carbocycles. The normalized spacial score (nSPS) is 14.0. The van der Waals surface area contributed by atoms with Gasteiger partial charge < -0.3 is 19.1 Å². The monoisotopic (exact) mass is 484 g/mol. The van der Waals surface area contributed by atoms with Crippen LogP contribution in [0.25, 0.3) is 0 Å². The van der Waals surface area contributed by atoms with Gasteiger partial charge in [0.05, 0.1) is 30.5 Å². The molecule has 1 aliphatic heterocycles. The van der Waals surface area contributed by atoms with Gasteiger partial charge >= 0.3 is 0 Å². The van der Waals surface area contributed by atoms with Crippen molar-refractivity contribution in [3.8, 4) is 11.5 Å². The van der Waals surface area contributed by atoms with Crippen LogP contribution in [0.15, 0.2) is 65.7 Å². The van der Waals surface area contributed by atoms with Crippen LogP contribution in [-0.4, -0.2) is 39.1 Å². The van der Waals surface area contributed by atoms with E-state index >= 15 is 0 Å². The van der Waals surface area contributed by atoms with Gasteiger partial charge in [0.1, 0.15) is 6.61 Å². The molecule has 33 heavy (non-hydrogen) atoms. The lowest BCUT2D eigenvalue weighted by Gasteiger charge is -2.28. The molecule has 0 radical (unpaired) electrons. The molecule has 0 aromatic heterocycles. The fraction of sp³-hybridized carbons (Fsp3) is 0.269. The van der Waals surface area contributed by atoms with Crippen LogP contribution in [0.1, 0.15) is 18.1 Å². The van der Waals surface area contributed by atoms with Crippen LogP contribution in [0, 0.1) is 0 Å². The summed E-state index contributed by atoms with van der Waals surface area (Å²) in [6.07, 6.45) is 1.78. The van der Waals surface area contributed by atoms with E-state index in [4.69, 9.17) is 37.4 Å². The number of nitrogens with zero attached hydrogens (tertiary/aromatic N) is 2. The van der Waals surface area contributed by atoms with Crippen molar-refractivity contribution in [2.45, 2.75) is 13.5 Å². The van der Waals surface area contributed by atoms with Gasteiger partial charge in [0.2, 0.25) is 0 Å². The molecule has 1 fully saturated rings. The Morgan fingerprint density at radius 1 is 0.970 bits per heavy atom. The smallest absolute Gasteiger partial charge is 0.180 e. The molecule has 0 bridgehead atoms. The minimum atomic E-state index is 0.361. The first-order chi connectivity index (χ1) is 16.1. The minimum Gasteiger partial charge on any atom is -0.490 e. The summed E-state index contributed by atoms with van der Waals surface area (Å²) >= 11 is 12.5. The fourth-order valence-electron chi connectivity index (χ4n) is 3.52. The van der Waals surface area contributed by atoms with Gasteiger partial charge in [0.15, 0.2) is 11.5 Å². The third-order valence-electron chi connectivity index (χ3n) is 5.22. The first kappa shape index (κ1) is 23.4. The van der Waals surface area contributed by atoms with E-state index in [0.29, 0.717) is 34.8 Å². The number of rotatable bonds is 8. The van der Waals surface area contributed by atoms with Crippen LogP contribution in [-0.2, 0) is 11.3 Å². The third-order valence-corrected chi connectivity index (χ3v) is 5.75. The summed E-state index contributed by atoms with van der Waals surface area (Å²) in [6.45, 7) is 6.14. The summed E-state index contributed by atoms with van der Waals surface area (Å²) in [4.78, 5) is 6.91. The van der Waals surface area contributed by atoms with Gasteiger partial charge in [0.25, 0.3) is 0 Å². The van der Waals surface area contributed by atoms with E-state index < -0.39 is 0 Å². The van der Waals surface area contributed by atoms with E-state index in [1.54, 1.807) is 6.21 Å². The third kappa shape index (κ3) is 6.41. The lowest BCUT2D eigenvalue weighted by molar-refractivity contribution is 0.122. The first-order valence-corrected chi connectivity index (χ1v) is 11.7. The number of anilines is 1. The molecular formula is C26H26Cl2N2O3. The highest BCUT2D eigenvalue weighted by atomic mass is 35.5. The van der Waals surface area contributed by atoms with Crippen LogP contribution < -0.4 is 14.4 Å². The summed E-state index contributed by atoms with van der Waals surface area (Å²) < 4.78 is 17.2. The molecule has 1 heterocycles. The number of hydrogen-bond acceptors (Lipinski definition) is 5. The van der Waals surface area contributed by atoms with Crippen molar-refractivity contribution in [1.82, 2.24) is 0 Å². The van der Waals surface area contributed by atoms with Gasteiger partial charge in [-0.15, -0.1) is 0 Å². The Kier molecular flexibility index (Phi) is 8.10. The Morgan fingerprint density at radius 2 is 1.70 bits per heavy atom. The predicted molar refractivity (Wildman–Crippen MR) is 135 cm³/mol. The lowest BCUT2D eigenvalue weighted by Crippen LogP contribution is -2.36. The predicted octanol–water partition coefficient (Wildman–Crippen LogP) is 6.56. The highest BCUT2D eigenvalue weighted by Gasteiger charge is 2.13. The summed E-state index contributed by atoms with van der Waals surface area (Å²) in [5, 5.41) is 1.16. The molecule has 4 rings (SSSR count). The van der Waals surface area contributed by atoms with E-state index in [2.05, 4.69) is 22.0 Å². The quantitative estimate of drug-likeness (QED) is 0.339. The number of benzene rings is 3. The highest BCUT2D eigenvalue weighted by molar-refractivity contribution is 6.32. The zero-order chi connectivity index (χ0) is 23.0. The molecule has 0 saturated carbocycles. The minimum absolute atomic E-state index is 0.361. The van der Waals surface area contributed by atoms with Crippen molar-refractivity contribution >= 4 is 40.8 Å². The van der Waals surface area contributed by atoms with Crippen molar-refractivity contribution < 1.29 is 14.2 Å². The molecule has 3 aromatic rings. The largest absolute Gasteiger partial charge is 0.490 e. The second kappa shape index (κ2) is 11.4. The van der Waals surface area contributed by atoms with Gasteiger partial charge in [-0.05, 0) is 66.6 Å².